The number of nitrogens with two attached hydrogens (primary N) is 1. The van der Waals surface area contributed by atoms with E-state index in [2.05, 4.69) is 27.9 Å². The quantitative estimate of drug-likeness (QED) is 0.693. The molecule has 0 saturated heterocycles. The van der Waals surface area contributed by atoms with Crippen molar-refractivity contribution in [1.82, 2.24) is 5.32 Å². The molecule has 1 aromatic heterocycles. The van der Waals surface area contributed by atoms with Crippen molar-refractivity contribution in [3.05, 3.63) is 49.4 Å². The van der Waals surface area contributed by atoms with Gasteiger partial charge in [0.2, 0.25) is 10.0 Å². The Morgan fingerprint density at radius 3 is 2.62 bits per heavy atom. The number of benzene rings is 1. The topological polar surface area (TPSA) is 89.3 Å². The summed E-state index contributed by atoms with van der Waals surface area (Å²) in [7, 11) is -3.70. The highest BCUT2D eigenvalue weighted by atomic mass is 127. The van der Waals surface area contributed by atoms with Gasteiger partial charge < -0.3 is 5.32 Å². The van der Waals surface area contributed by atoms with Gasteiger partial charge in [-0.1, -0.05) is 11.6 Å². The molecule has 0 aliphatic heterocycles. The number of thiophene rings is 1. The van der Waals surface area contributed by atoms with Crippen LogP contribution in [0, 0.1) is 3.57 Å². The normalized spacial score (nSPS) is 11.4. The summed E-state index contributed by atoms with van der Waals surface area (Å²) in [5.74, 6) is -0.279. The first kappa shape index (κ1) is 16.7. The number of carbonyl (C=O) groups is 1. The maximum absolute atomic E-state index is 12.0. The highest BCUT2D eigenvalue weighted by Gasteiger charge is 2.12. The average molecular weight is 457 g/mol. The van der Waals surface area contributed by atoms with Gasteiger partial charge in [0.25, 0.3) is 5.91 Å². The van der Waals surface area contributed by atoms with E-state index in [-0.39, 0.29) is 16.7 Å². The van der Waals surface area contributed by atoms with E-state index in [4.69, 9.17) is 16.7 Å². The Morgan fingerprint density at radius 2 is 2.05 bits per heavy atom. The first-order valence-corrected chi connectivity index (χ1v) is 9.44. The molecule has 1 aromatic carbocycles. The summed E-state index contributed by atoms with van der Waals surface area (Å²) in [5, 5.41) is 8.24. The first-order chi connectivity index (χ1) is 9.77. The molecule has 0 unspecified atom stereocenters. The van der Waals surface area contributed by atoms with Gasteiger partial charge in [-0.05, 0) is 52.9 Å². The van der Waals surface area contributed by atoms with Crippen LogP contribution in [-0.2, 0) is 16.6 Å². The number of halogens is 2. The standard InChI is InChI=1S/C12H10ClIN2O3S2/c13-9-5-7(1-3-10(9)14)12(17)16-6-8-2-4-11(20-8)21(15,18)19/h1-5H,6H2,(H,16,17)(H2,15,18,19). The van der Waals surface area contributed by atoms with E-state index in [9.17, 15) is 13.2 Å². The fourth-order valence-corrected chi connectivity index (χ4v) is 3.75. The van der Waals surface area contributed by atoms with Crippen LogP contribution in [0.1, 0.15) is 15.2 Å². The number of hydrogen-bond donors (Lipinski definition) is 2. The van der Waals surface area contributed by atoms with Crippen molar-refractivity contribution in [3.8, 4) is 0 Å². The van der Waals surface area contributed by atoms with Crippen LogP contribution in [-0.4, -0.2) is 14.3 Å². The smallest absolute Gasteiger partial charge is 0.251 e. The van der Waals surface area contributed by atoms with E-state index >= 15 is 0 Å². The van der Waals surface area contributed by atoms with Crippen molar-refractivity contribution in [3.63, 3.8) is 0 Å². The predicted molar refractivity (Wildman–Crippen MR) is 91.0 cm³/mol. The Hall–Kier alpha value is -0.680. The fourth-order valence-electron chi connectivity index (χ4n) is 1.51. The lowest BCUT2D eigenvalue weighted by Crippen LogP contribution is -2.22. The second kappa shape index (κ2) is 6.61. The highest BCUT2D eigenvalue weighted by molar-refractivity contribution is 14.1. The van der Waals surface area contributed by atoms with Crippen LogP contribution in [0.3, 0.4) is 0 Å². The molecule has 3 N–H and O–H groups in total. The lowest BCUT2D eigenvalue weighted by Gasteiger charge is -2.05. The van der Waals surface area contributed by atoms with Crippen LogP contribution in [0.25, 0.3) is 0 Å². The summed E-state index contributed by atoms with van der Waals surface area (Å²) in [6.45, 7) is 0.225. The van der Waals surface area contributed by atoms with E-state index in [1.807, 2.05) is 0 Å². The van der Waals surface area contributed by atoms with Crippen LogP contribution in [0.5, 0.6) is 0 Å². The number of sulfonamides is 1. The van der Waals surface area contributed by atoms with Gasteiger partial charge in [-0.3, -0.25) is 4.79 Å². The third-order valence-corrected chi connectivity index (χ3v) is 6.62. The highest BCUT2D eigenvalue weighted by Crippen LogP contribution is 2.21. The molecule has 0 aliphatic carbocycles. The molecular weight excluding hydrogens is 447 g/mol. The minimum absolute atomic E-state index is 0.0732. The Bertz CT molecular complexity index is 790. The van der Waals surface area contributed by atoms with Gasteiger partial charge in [0.1, 0.15) is 4.21 Å². The minimum Gasteiger partial charge on any atom is -0.347 e. The van der Waals surface area contributed by atoms with Gasteiger partial charge >= 0.3 is 0 Å². The number of hydrogen-bond acceptors (Lipinski definition) is 4. The molecule has 2 rings (SSSR count). The van der Waals surface area contributed by atoms with Crippen LogP contribution < -0.4 is 10.5 Å². The lowest BCUT2D eigenvalue weighted by atomic mass is 10.2. The summed E-state index contributed by atoms with van der Waals surface area (Å²) < 4.78 is 23.3. The summed E-state index contributed by atoms with van der Waals surface area (Å²) >= 11 is 9.06. The molecule has 0 aliphatic rings. The zero-order valence-electron chi connectivity index (χ0n) is 10.5. The van der Waals surface area contributed by atoms with Crippen molar-refractivity contribution >= 4 is 61.5 Å². The number of primary sulfonamides is 1. The van der Waals surface area contributed by atoms with E-state index in [1.54, 1.807) is 24.3 Å². The summed E-state index contributed by atoms with van der Waals surface area (Å²) in [6.07, 6.45) is 0. The van der Waals surface area contributed by atoms with Crippen LogP contribution >= 0.6 is 45.5 Å². The maximum atomic E-state index is 12.0. The molecule has 0 spiro atoms. The maximum Gasteiger partial charge on any atom is 0.251 e. The zero-order valence-corrected chi connectivity index (χ0v) is 15.0. The molecule has 2 aromatic rings. The van der Waals surface area contributed by atoms with Crippen molar-refractivity contribution in [2.45, 2.75) is 10.8 Å². The van der Waals surface area contributed by atoms with E-state index in [0.29, 0.717) is 15.5 Å². The van der Waals surface area contributed by atoms with E-state index in [0.717, 1.165) is 14.9 Å². The molecule has 0 saturated carbocycles. The third kappa shape index (κ3) is 4.39. The Balaban J connectivity index is 2.04. The van der Waals surface area contributed by atoms with E-state index < -0.39 is 10.0 Å². The average Bonchev–Trinajstić information content (AvgIpc) is 2.88. The van der Waals surface area contributed by atoms with Crippen molar-refractivity contribution in [2.75, 3.05) is 0 Å². The van der Waals surface area contributed by atoms with Gasteiger partial charge in [-0.15, -0.1) is 11.3 Å². The van der Waals surface area contributed by atoms with Gasteiger partial charge in [-0.2, -0.15) is 0 Å². The molecule has 5 nitrogen and oxygen atoms in total. The lowest BCUT2D eigenvalue weighted by molar-refractivity contribution is 0.0951. The zero-order chi connectivity index (χ0) is 15.6. The molecule has 0 fully saturated rings. The number of carbonyl (C=O) groups excluding carboxylic acids is 1. The molecule has 1 heterocycles. The Kier molecular flexibility index (Phi) is 5.25. The fraction of sp³-hybridized carbons (Fsp3) is 0.0833. The van der Waals surface area contributed by atoms with Crippen LogP contribution in [0.2, 0.25) is 5.02 Å². The summed E-state index contributed by atoms with van der Waals surface area (Å²) in [5.41, 5.74) is 0.448. The van der Waals surface area contributed by atoms with Crippen LogP contribution in [0.15, 0.2) is 34.5 Å². The van der Waals surface area contributed by atoms with E-state index in [1.165, 1.54) is 6.07 Å². The Labute approximate surface area is 144 Å². The second-order valence-electron chi connectivity index (χ2n) is 4.08. The molecular formula is C12H10ClIN2O3S2. The SMILES string of the molecule is NS(=O)(=O)c1ccc(CNC(=O)c2ccc(I)c(Cl)c2)s1. The van der Waals surface area contributed by atoms with Crippen molar-refractivity contribution < 1.29 is 13.2 Å². The molecule has 0 atom stereocenters. The Morgan fingerprint density at radius 1 is 1.33 bits per heavy atom. The monoisotopic (exact) mass is 456 g/mol. The van der Waals surface area contributed by atoms with Crippen molar-refractivity contribution in [2.24, 2.45) is 5.14 Å². The van der Waals surface area contributed by atoms with Gasteiger partial charge in [-0.25, -0.2) is 13.6 Å². The van der Waals surface area contributed by atoms with Gasteiger partial charge in [0.15, 0.2) is 0 Å². The molecule has 1 amide bonds. The molecule has 112 valence electrons. The predicted octanol–water partition coefficient (Wildman–Crippen LogP) is 2.58. The molecule has 0 radical (unpaired) electrons. The van der Waals surface area contributed by atoms with Gasteiger partial charge in [0.05, 0.1) is 11.6 Å². The molecule has 9 heteroatoms. The third-order valence-electron chi connectivity index (χ3n) is 2.52. The second-order valence-corrected chi connectivity index (χ2v) is 8.60. The number of rotatable bonds is 4. The van der Waals surface area contributed by atoms with Crippen LogP contribution in [0.4, 0.5) is 0 Å². The summed E-state index contributed by atoms with van der Waals surface area (Å²) in [6, 6.07) is 8.05. The number of nitrogens with one attached hydrogen (secondary N) is 1. The van der Waals surface area contributed by atoms with Gasteiger partial charge in [0, 0.05) is 14.0 Å². The molecule has 0 bridgehead atoms. The summed E-state index contributed by atoms with van der Waals surface area (Å²) in [4.78, 5) is 12.7. The minimum atomic E-state index is -3.70. The molecule has 21 heavy (non-hydrogen) atoms. The first-order valence-electron chi connectivity index (χ1n) is 5.62. The number of amides is 1. The van der Waals surface area contributed by atoms with Crippen molar-refractivity contribution in [1.29, 1.82) is 0 Å². The largest absolute Gasteiger partial charge is 0.347 e.